The van der Waals surface area contributed by atoms with Crippen molar-refractivity contribution in [1.82, 2.24) is 5.32 Å². The van der Waals surface area contributed by atoms with Crippen molar-refractivity contribution in [3.05, 3.63) is 35.9 Å². The molecule has 0 bridgehead atoms. The third-order valence-corrected chi connectivity index (χ3v) is 2.01. The highest BCUT2D eigenvalue weighted by atomic mass is 16.5. The number of nitrogens with one attached hydrogen (secondary N) is 1. The van der Waals surface area contributed by atoms with Gasteiger partial charge in [-0.2, -0.15) is 0 Å². The first-order valence-corrected chi connectivity index (χ1v) is 6.69. The quantitative estimate of drug-likeness (QED) is 0.799. The molecule has 0 saturated carbocycles. The maximum atomic E-state index is 11.2. The molecule has 0 atom stereocenters. The van der Waals surface area contributed by atoms with Crippen LogP contribution in [0.3, 0.4) is 0 Å². The molecular formula is C15H25NO2. The molecule has 0 fully saturated rings. The summed E-state index contributed by atoms with van der Waals surface area (Å²) in [6.07, 6.45) is 2.96. The van der Waals surface area contributed by atoms with Crippen molar-refractivity contribution >= 4 is 6.09 Å². The van der Waals surface area contributed by atoms with E-state index in [1.807, 2.05) is 30.3 Å². The van der Waals surface area contributed by atoms with Gasteiger partial charge in [-0.3, -0.25) is 0 Å². The van der Waals surface area contributed by atoms with E-state index in [1.165, 1.54) is 6.42 Å². The molecule has 0 spiro atoms. The number of carbonyl (C=O) groups is 1. The molecular weight excluding hydrogens is 226 g/mol. The molecule has 18 heavy (non-hydrogen) atoms. The zero-order chi connectivity index (χ0) is 13.6. The van der Waals surface area contributed by atoms with Crippen molar-refractivity contribution in [2.75, 3.05) is 6.54 Å². The number of carbonyl (C=O) groups excluding carboxylic acids is 1. The van der Waals surface area contributed by atoms with E-state index in [0.717, 1.165) is 18.4 Å². The lowest BCUT2D eigenvalue weighted by Crippen LogP contribution is -2.25. The second-order valence-electron chi connectivity index (χ2n) is 4.05. The summed E-state index contributed by atoms with van der Waals surface area (Å²) in [5.41, 5.74) is 1.00. The summed E-state index contributed by atoms with van der Waals surface area (Å²) in [4.78, 5) is 11.2. The van der Waals surface area contributed by atoms with E-state index in [0.29, 0.717) is 13.2 Å². The van der Waals surface area contributed by atoms with E-state index < -0.39 is 0 Å². The Hall–Kier alpha value is -1.51. The van der Waals surface area contributed by atoms with Crippen LogP contribution in [0.15, 0.2) is 30.3 Å². The number of rotatable bonds is 5. The van der Waals surface area contributed by atoms with Gasteiger partial charge in [0.15, 0.2) is 0 Å². The maximum absolute atomic E-state index is 11.2. The number of hydrogen-bond donors (Lipinski definition) is 1. The Morgan fingerprint density at radius 3 is 2.33 bits per heavy atom. The van der Waals surface area contributed by atoms with Gasteiger partial charge >= 0.3 is 6.09 Å². The van der Waals surface area contributed by atoms with Crippen molar-refractivity contribution in [3.63, 3.8) is 0 Å². The summed E-state index contributed by atoms with van der Waals surface area (Å²) < 4.78 is 5.02. The van der Waals surface area contributed by atoms with E-state index >= 15 is 0 Å². The van der Waals surface area contributed by atoms with Gasteiger partial charge in [0.2, 0.25) is 0 Å². The maximum Gasteiger partial charge on any atom is 0.407 e. The van der Waals surface area contributed by atoms with Crippen LogP contribution in [0.5, 0.6) is 0 Å². The lowest BCUT2D eigenvalue weighted by atomic mass is 10.2. The van der Waals surface area contributed by atoms with Crippen LogP contribution in [0.2, 0.25) is 0 Å². The van der Waals surface area contributed by atoms with Gasteiger partial charge in [0.05, 0.1) is 0 Å². The van der Waals surface area contributed by atoms with Gasteiger partial charge in [0.25, 0.3) is 0 Å². The minimum absolute atomic E-state index is 0.332. The third kappa shape index (κ3) is 9.70. The summed E-state index contributed by atoms with van der Waals surface area (Å²) in [7, 11) is 0. The van der Waals surface area contributed by atoms with Crippen molar-refractivity contribution in [2.24, 2.45) is 0 Å². The Bertz CT molecular complexity index is 299. The largest absolute Gasteiger partial charge is 0.445 e. The van der Waals surface area contributed by atoms with Gasteiger partial charge in [0.1, 0.15) is 6.61 Å². The normalized spacial score (nSPS) is 9.06. The topological polar surface area (TPSA) is 38.3 Å². The van der Waals surface area contributed by atoms with Crippen LogP contribution in [-0.4, -0.2) is 12.6 Å². The number of unbranched alkanes of at least 4 members (excludes halogenated alkanes) is 1. The lowest BCUT2D eigenvalue weighted by Gasteiger charge is -2.06. The third-order valence-electron chi connectivity index (χ3n) is 2.01. The Labute approximate surface area is 111 Å². The standard InChI is InChI=1S/C12H17NO2.C3H8/c1-2-3-9-13-12(14)15-10-11-7-5-4-6-8-11;1-3-2/h4-8H,2-3,9-10H2,1H3,(H,13,14);3H2,1-2H3. The summed E-state index contributed by atoms with van der Waals surface area (Å²) in [5, 5.41) is 2.69. The fraction of sp³-hybridized carbons (Fsp3) is 0.533. The monoisotopic (exact) mass is 251 g/mol. The summed E-state index contributed by atoms with van der Waals surface area (Å²) in [6.45, 7) is 7.35. The molecule has 0 aliphatic heterocycles. The molecule has 1 rings (SSSR count). The van der Waals surface area contributed by atoms with Crippen LogP contribution in [0, 0.1) is 0 Å². The Balaban J connectivity index is 0.000000873. The minimum atomic E-state index is -0.340. The molecule has 0 aliphatic rings. The van der Waals surface area contributed by atoms with Crippen molar-refractivity contribution in [2.45, 2.75) is 46.6 Å². The van der Waals surface area contributed by atoms with Crippen LogP contribution in [0.25, 0.3) is 0 Å². The van der Waals surface area contributed by atoms with Gasteiger partial charge in [-0.1, -0.05) is 63.9 Å². The van der Waals surface area contributed by atoms with Crippen LogP contribution in [0.1, 0.15) is 45.6 Å². The zero-order valence-electron chi connectivity index (χ0n) is 11.7. The first-order valence-electron chi connectivity index (χ1n) is 6.69. The molecule has 1 aromatic carbocycles. The highest BCUT2D eigenvalue weighted by Crippen LogP contribution is 2.00. The van der Waals surface area contributed by atoms with Gasteiger partial charge in [-0.05, 0) is 12.0 Å². The molecule has 3 heteroatoms. The predicted octanol–water partition coefficient (Wildman–Crippen LogP) is 4.13. The average molecular weight is 251 g/mol. The summed E-state index contributed by atoms with van der Waals surface area (Å²) in [5.74, 6) is 0. The fourth-order valence-electron chi connectivity index (χ4n) is 1.14. The van der Waals surface area contributed by atoms with Crippen molar-refractivity contribution < 1.29 is 9.53 Å². The molecule has 0 saturated heterocycles. The van der Waals surface area contributed by atoms with Crippen LogP contribution in [0.4, 0.5) is 4.79 Å². The van der Waals surface area contributed by atoms with Gasteiger partial charge in [-0.15, -0.1) is 0 Å². The van der Waals surface area contributed by atoms with E-state index in [1.54, 1.807) is 0 Å². The Morgan fingerprint density at radius 1 is 1.17 bits per heavy atom. The number of ether oxygens (including phenoxy) is 1. The molecule has 0 aromatic heterocycles. The highest BCUT2D eigenvalue weighted by molar-refractivity contribution is 5.67. The molecule has 0 aliphatic carbocycles. The molecule has 1 aromatic rings. The van der Waals surface area contributed by atoms with Crippen LogP contribution < -0.4 is 5.32 Å². The second-order valence-corrected chi connectivity index (χ2v) is 4.05. The first kappa shape index (κ1) is 16.5. The number of amides is 1. The van der Waals surface area contributed by atoms with E-state index in [-0.39, 0.29) is 6.09 Å². The molecule has 1 amide bonds. The van der Waals surface area contributed by atoms with Gasteiger partial charge in [0, 0.05) is 6.54 Å². The zero-order valence-corrected chi connectivity index (χ0v) is 11.7. The SMILES string of the molecule is CCC.CCCCNC(=O)OCc1ccccc1. The van der Waals surface area contributed by atoms with E-state index in [4.69, 9.17) is 4.74 Å². The average Bonchev–Trinajstić information content (AvgIpc) is 2.39. The second kappa shape index (κ2) is 12.0. The Morgan fingerprint density at radius 2 is 1.78 bits per heavy atom. The molecule has 102 valence electrons. The Kier molecular flexibility index (Phi) is 11.0. The molecule has 0 unspecified atom stereocenters. The number of hydrogen-bond acceptors (Lipinski definition) is 2. The fourth-order valence-corrected chi connectivity index (χ4v) is 1.14. The summed E-state index contributed by atoms with van der Waals surface area (Å²) in [6, 6.07) is 9.64. The van der Waals surface area contributed by atoms with Gasteiger partial charge < -0.3 is 10.1 Å². The predicted molar refractivity (Wildman–Crippen MR) is 75.5 cm³/mol. The number of alkyl carbamates (subject to hydrolysis) is 1. The molecule has 3 nitrogen and oxygen atoms in total. The lowest BCUT2D eigenvalue weighted by molar-refractivity contribution is 0.139. The first-order chi connectivity index (χ1) is 8.74. The molecule has 1 N–H and O–H groups in total. The number of benzene rings is 1. The van der Waals surface area contributed by atoms with Crippen LogP contribution >= 0.6 is 0 Å². The van der Waals surface area contributed by atoms with Crippen molar-refractivity contribution in [3.8, 4) is 0 Å². The van der Waals surface area contributed by atoms with E-state index in [9.17, 15) is 4.79 Å². The van der Waals surface area contributed by atoms with Crippen LogP contribution in [-0.2, 0) is 11.3 Å². The van der Waals surface area contributed by atoms with E-state index in [2.05, 4.69) is 26.1 Å². The highest BCUT2D eigenvalue weighted by Gasteiger charge is 2.00. The summed E-state index contributed by atoms with van der Waals surface area (Å²) >= 11 is 0. The molecule has 0 radical (unpaired) electrons. The van der Waals surface area contributed by atoms with Crippen molar-refractivity contribution in [1.29, 1.82) is 0 Å². The van der Waals surface area contributed by atoms with Gasteiger partial charge in [-0.25, -0.2) is 4.79 Å². The molecule has 0 heterocycles. The minimum Gasteiger partial charge on any atom is -0.445 e. The smallest absolute Gasteiger partial charge is 0.407 e.